The molecule has 0 N–H and O–H groups in total. The largest absolute Gasteiger partial charge is 0.489 e. The normalized spacial score (nSPS) is 10.4. The lowest BCUT2D eigenvalue weighted by atomic mass is 10.1. The SMILES string of the molecule is CCOC(=O)Cn1nnc(-c2cccc(COc3cccc(C=O)c3)c2)n1. The van der Waals surface area contributed by atoms with Gasteiger partial charge in [-0.25, -0.2) is 4.79 Å². The van der Waals surface area contributed by atoms with Gasteiger partial charge in [-0.3, -0.25) is 4.79 Å². The van der Waals surface area contributed by atoms with Gasteiger partial charge in [-0.1, -0.05) is 30.3 Å². The fourth-order valence-electron chi connectivity index (χ4n) is 2.39. The zero-order valence-electron chi connectivity index (χ0n) is 14.7. The average molecular weight is 366 g/mol. The fourth-order valence-corrected chi connectivity index (χ4v) is 2.39. The van der Waals surface area contributed by atoms with E-state index in [0.29, 0.717) is 30.4 Å². The highest BCUT2D eigenvalue weighted by molar-refractivity contribution is 5.75. The maximum Gasteiger partial charge on any atom is 0.329 e. The minimum Gasteiger partial charge on any atom is -0.489 e. The molecule has 3 rings (SSSR count). The lowest BCUT2D eigenvalue weighted by Crippen LogP contribution is -2.15. The van der Waals surface area contributed by atoms with Crippen molar-refractivity contribution >= 4 is 12.3 Å². The Labute approximate surface area is 155 Å². The Morgan fingerprint density at radius 3 is 2.85 bits per heavy atom. The molecular weight excluding hydrogens is 348 g/mol. The summed E-state index contributed by atoms with van der Waals surface area (Å²) in [5, 5.41) is 12.0. The highest BCUT2D eigenvalue weighted by Crippen LogP contribution is 2.18. The van der Waals surface area contributed by atoms with Crippen molar-refractivity contribution in [2.45, 2.75) is 20.1 Å². The van der Waals surface area contributed by atoms with Crippen LogP contribution in [-0.2, 0) is 22.7 Å². The molecule has 0 aliphatic rings. The summed E-state index contributed by atoms with van der Waals surface area (Å²) >= 11 is 0. The minimum atomic E-state index is -0.416. The standard InChI is InChI=1S/C19H18N4O4/c1-2-26-18(25)11-23-21-19(20-22-23)16-7-3-6-15(9-16)13-27-17-8-4-5-14(10-17)12-24/h3-10,12H,2,11,13H2,1H3. The van der Waals surface area contributed by atoms with Gasteiger partial charge in [0.15, 0.2) is 6.54 Å². The van der Waals surface area contributed by atoms with Crippen LogP contribution in [0.4, 0.5) is 0 Å². The summed E-state index contributed by atoms with van der Waals surface area (Å²) in [6, 6.07) is 14.5. The van der Waals surface area contributed by atoms with Crippen molar-refractivity contribution < 1.29 is 19.1 Å². The number of rotatable bonds is 8. The van der Waals surface area contributed by atoms with Crippen LogP contribution < -0.4 is 4.74 Å². The highest BCUT2D eigenvalue weighted by Gasteiger charge is 2.10. The summed E-state index contributed by atoms with van der Waals surface area (Å²) in [5.41, 5.74) is 2.22. The first-order valence-electron chi connectivity index (χ1n) is 8.38. The van der Waals surface area contributed by atoms with E-state index in [1.54, 1.807) is 31.2 Å². The molecule has 1 aromatic heterocycles. The quantitative estimate of drug-likeness (QED) is 0.446. The Hall–Kier alpha value is -3.55. The van der Waals surface area contributed by atoms with Gasteiger partial charge in [0.2, 0.25) is 5.82 Å². The maximum atomic E-state index is 11.5. The van der Waals surface area contributed by atoms with Crippen molar-refractivity contribution in [1.82, 2.24) is 20.2 Å². The van der Waals surface area contributed by atoms with E-state index >= 15 is 0 Å². The summed E-state index contributed by atoms with van der Waals surface area (Å²) < 4.78 is 10.6. The lowest BCUT2D eigenvalue weighted by Gasteiger charge is -2.07. The maximum absolute atomic E-state index is 11.5. The van der Waals surface area contributed by atoms with Crippen LogP contribution in [-0.4, -0.2) is 39.1 Å². The zero-order chi connectivity index (χ0) is 19.1. The Kier molecular flexibility index (Phi) is 5.88. The molecule has 0 unspecified atom stereocenters. The van der Waals surface area contributed by atoms with E-state index in [-0.39, 0.29) is 6.54 Å². The molecule has 0 saturated heterocycles. The minimum absolute atomic E-state index is 0.0866. The van der Waals surface area contributed by atoms with Gasteiger partial charge in [-0.05, 0) is 35.9 Å². The molecule has 138 valence electrons. The van der Waals surface area contributed by atoms with Crippen LogP contribution in [0.5, 0.6) is 5.75 Å². The Bertz CT molecular complexity index is 939. The Balaban J connectivity index is 1.67. The summed E-state index contributed by atoms with van der Waals surface area (Å²) in [7, 11) is 0. The van der Waals surface area contributed by atoms with E-state index in [1.165, 1.54) is 4.80 Å². The molecule has 0 spiro atoms. The van der Waals surface area contributed by atoms with Gasteiger partial charge in [0.1, 0.15) is 18.6 Å². The van der Waals surface area contributed by atoms with Gasteiger partial charge in [0.25, 0.3) is 0 Å². The van der Waals surface area contributed by atoms with Crippen molar-refractivity contribution in [2.75, 3.05) is 6.61 Å². The smallest absolute Gasteiger partial charge is 0.329 e. The molecule has 8 heteroatoms. The second kappa shape index (κ2) is 8.70. The summed E-state index contributed by atoms with van der Waals surface area (Å²) in [4.78, 5) is 23.5. The van der Waals surface area contributed by atoms with E-state index in [2.05, 4.69) is 15.4 Å². The number of carbonyl (C=O) groups excluding carboxylic acids is 2. The summed E-state index contributed by atoms with van der Waals surface area (Å²) in [6.07, 6.45) is 0.777. The monoisotopic (exact) mass is 366 g/mol. The highest BCUT2D eigenvalue weighted by atomic mass is 16.5. The Morgan fingerprint density at radius 2 is 2.04 bits per heavy atom. The molecule has 27 heavy (non-hydrogen) atoms. The lowest BCUT2D eigenvalue weighted by molar-refractivity contribution is -0.144. The van der Waals surface area contributed by atoms with Crippen LogP contribution in [0, 0.1) is 0 Å². The fraction of sp³-hybridized carbons (Fsp3) is 0.211. The Morgan fingerprint density at radius 1 is 1.19 bits per heavy atom. The first-order valence-corrected chi connectivity index (χ1v) is 8.38. The van der Waals surface area contributed by atoms with E-state index < -0.39 is 5.97 Å². The number of hydrogen-bond donors (Lipinski definition) is 0. The van der Waals surface area contributed by atoms with Crippen LogP contribution in [0.3, 0.4) is 0 Å². The first-order chi connectivity index (χ1) is 13.2. The van der Waals surface area contributed by atoms with E-state index in [4.69, 9.17) is 9.47 Å². The number of aromatic nitrogens is 4. The van der Waals surface area contributed by atoms with E-state index in [0.717, 1.165) is 17.4 Å². The van der Waals surface area contributed by atoms with Crippen molar-refractivity contribution in [3.8, 4) is 17.1 Å². The third-order valence-electron chi connectivity index (χ3n) is 3.61. The molecule has 0 aliphatic carbocycles. The van der Waals surface area contributed by atoms with Crippen molar-refractivity contribution in [3.63, 3.8) is 0 Å². The summed E-state index contributed by atoms with van der Waals surface area (Å²) in [6.45, 7) is 2.28. The average Bonchev–Trinajstić information content (AvgIpc) is 3.15. The van der Waals surface area contributed by atoms with Gasteiger partial charge in [0, 0.05) is 11.1 Å². The number of esters is 1. The number of tetrazole rings is 1. The number of nitrogens with zero attached hydrogens (tertiary/aromatic N) is 4. The molecule has 0 radical (unpaired) electrons. The number of aldehydes is 1. The number of benzene rings is 2. The number of ether oxygens (including phenoxy) is 2. The van der Waals surface area contributed by atoms with Crippen LogP contribution >= 0.6 is 0 Å². The van der Waals surface area contributed by atoms with Crippen molar-refractivity contribution in [1.29, 1.82) is 0 Å². The predicted molar refractivity (Wildman–Crippen MR) is 96.0 cm³/mol. The molecule has 0 fully saturated rings. The van der Waals surface area contributed by atoms with Gasteiger partial charge >= 0.3 is 5.97 Å². The molecule has 0 saturated carbocycles. The van der Waals surface area contributed by atoms with Gasteiger partial charge in [-0.2, -0.15) is 4.80 Å². The van der Waals surface area contributed by atoms with E-state index in [1.807, 2.05) is 24.3 Å². The van der Waals surface area contributed by atoms with Gasteiger partial charge < -0.3 is 9.47 Å². The first kappa shape index (κ1) is 18.2. The molecule has 0 aliphatic heterocycles. The molecule has 0 atom stereocenters. The molecule has 0 bridgehead atoms. The third kappa shape index (κ3) is 4.97. The van der Waals surface area contributed by atoms with Crippen LogP contribution in [0.2, 0.25) is 0 Å². The molecule has 0 amide bonds. The van der Waals surface area contributed by atoms with Gasteiger partial charge in [-0.15, -0.1) is 10.2 Å². The number of hydrogen-bond acceptors (Lipinski definition) is 7. The molecule has 1 heterocycles. The van der Waals surface area contributed by atoms with E-state index in [9.17, 15) is 9.59 Å². The predicted octanol–water partition coefficient (Wildman–Crippen LogP) is 2.29. The second-order valence-electron chi connectivity index (χ2n) is 5.63. The van der Waals surface area contributed by atoms with Crippen LogP contribution in [0.1, 0.15) is 22.8 Å². The topological polar surface area (TPSA) is 96.2 Å². The van der Waals surface area contributed by atoms with Crippen LogP contribution in [0.15, 0.2) is 48.5 Å². The third-order valence-corrected chi connectivity index (χ3v) is 3.61. The van der Waals surface area contributed by atoms with Crippen molar-refractivity contribution in [3.05, 3.63) is 59.7 Å². The molecule has 8 nitrogen and oxygen atoms in total. The summed E-state index contributed by atoms with van der Waals surface area (Å²) in [5.74, 6) is 0.605. The molecule has 3 aromatic rings. The van der Waals surface area contributed by atoms with Crippen molar-refractivity contribution in [2.24, 2.45) is 0 Å². The molecular formula is C19H18N4O4. The zero-order valence-corrected chi connectivity index (χ0v) is 14.7. The number of carbonyl (C=O) groups is 2. The second-order valence-corrected chi connectivity index (χ2v) is 5.63. The van der Waals surface area contributed by atoms with Gasteiger partial charge in [0.05, 0.1) is 6.61 Å². The molecule has 2 aromatic carbocycles. The van der Waals surface area contributed by atoms with Crippen LogP contribution in [0.25, 0.3) is 11.4 Å².